The first-order valence-electron chi connectivity index (χ1n) is 5.64. The predicted octanol–water partition coefficient (Wildman–Crippen LogP) is 1.95. The Bertz CT molecular complexity index is 645. The number of nitrogens with zero attached hydrogens (tertiary/aromatic N) is 1. The molecule has 0 bridgehead atoms. The number of rotatable bonds is 2. The average molecular weight is 244 g/mol. The number of hydrogen-bond donors (Lipinski definition) is 1. The number of anilines is 1. The van der Waals surface area contributed by atoms with Gasteiger partial charge in [-0.15, -0.1) is 0 Å². The topological polar surface area (TPSA) is 57.2 Å². The van der Waals surface area contributed by atoms with E-state index >= 15 is 0 Å². The Balaban J connectivity index is 2.69. The van der Waals surface area contributed by atoms with Crippen LogP contribution in [0.4, 0.5) is 5.82 Å². The van der Waals surface area contributed by atoms with Gasteiger partial charge in [0, 0.05) is 18.7 Å². The molecule has 1 heterocycles. The van der Waals surface area contributed by atoms with Crippen molar-refractivity contribution in [3.63, 3.8) is 0 Å². The average Bonchev–Trinajstić information content (AvgIpc) is 2.35. The first-order valence-corrected chi connectivity index (χ1v) is 5.64. The van der Waals surface area contributed by atoms with Crippen molar-refractivity contribution < 1.29 is 4.74 Å². The molecular formula is C14H16N2O2. The Kier molecular flexibility index (Phi) is 3.10. The Morgan fingerprint density at radius 2 is 1.94 bits per heavy atom. The molecule has 2 rings (SSSR count). The van der Waals surface area contributed by atoms with Gasteiger partial charge in [0.2, 0.25) is 0 Å². The van der Waals surface area contributed by atoms with Crippen molar-refractivity contribution in [2.24, 2.45) is 7.05 Å². The van der Waals surface area contributed by atoms with Gasteiger partial charge in [0.05, 0.1) is 7.11 Å². The quantitative estimate of drug-likeness (QED) is 0.878. The zero-order valence-electron chi connectivity index (χ0n) is 10.7. The van der Waals surface area contributed by atoms with Crippen LogP contribution < -0.4 is 16.0 Å². The van der Waals surface area contributed by atoms with E-state index in [1.807, 2.05) is 25.1 Å². The van der Waals surface area contributed by atoms with E-state index in [1.165, 1.54) is 4.57 Å². The molecule has 18 heavy (non-hydrogen) atoms. The molecule has 0 saturated carbocycles. The van der Waals surface area contributed by atoms with E-state index in [9.17, 15) is 4.79 Å². The van der Waals surface area contributed by atoms with Gasteiger partial charge < -0.3 is 10.5 Å². The van der Waals surface area contributed by atoms with E-state index < -0.39 is 0 Å². The summed E-state index contributed by atoms with van der Waals surface area (Å²) in [4.78, 5) is 11.8. The zero-order valence-corrected chi connectivity index (χ0v) is 10.7. The Labute approximate surface area is 106 Å². The maximum Gasteiger partial charge on any atom is 0.252 e. The minimum Gasteiger partial charge on any atom is -0.496 e. The van der Waals surface area contributed by atoms with Crippen molar-refractivity contribution in [3.8, 4) is 16.9 Å². The summed E-state index contributed by atoms with van der Waals surface area (Å²) in [5.41, 5.74) is 8.43. The van der Waals surface area contributed by atoms with Gasteiger partial charge in [-0.05, 0) is 30.7 Å². The van der Waals surface area contributed by atoms with E-state index in [0.717, 1.165) is 22.4 Å². The molecule has 4 nitrogen and oxygen atoms in total. The number of pyridine rings is 1. The van der Waals surface area contributed by atoms with Crippen LogP contribution in [0, 0.1) is 6.92 Å². The molecule has 94 valence electrons. The second-order valence-corrected chi connectivity index (χ2v) is 4.27. The fourth-order valence-electron chi connectivity index (χ4n) is 1.86. The Hall–Kier alpha value is -2.23. The van der Waals surface area contributed by atoms with Crippen LogP contribution in [0.5, 0.6) is 5.75 Å². The summed E-state index contributed by atoms with van der Waals surface area (Å²) in [6.45, 7) is 1.99. The maximum atomic E-state index is 11.8. The smallest absolute Gasteiger partial charge is 0.252 e. The second kappa shape index (κ2) is 4.56. The molecule has 1 aromatic carbocycles. The van der Waals surface area contributed by atoms with Crippen molar-refractivity contribution in [3.05, 3.63) is 46.2 Å². The van der Waals surface area contributed by atoms with Gasteiger partial charge in [-0.1, -0.05) is 11.6 Å². The molecule has 1 aromatic heterocycles. The van der Waals surface area contributed by atoms with Crippen LogP contribution in [0.3, 0.4) is 0 Å². The standard InChI is InChI=1S/C14H16N2O2/c1-9-4-5-12(18-3)11(6-9)10-7-13(15)16(2)14(17)8-10/h4-8H,15H2,1-3H3. The fourth-order valence-corrected chi connectivity index (χ4v) is 1.86. The lowest BCUT2D eigenvalue weighted by Crippen LogP contribution is -2.18. The van der Waals surface area contributed by atoms with Crippen LogP contribution in [0.15, 0.2) is 35.1 Å². The third-order valence-electron chi connectivity index (χ3n) is 2.97. The molecule has 0 radical (unpaired) electrons. The highest BCUT2D eigenvalue weighted by Gasteiger charge is 2.09. The molecule has 0 fully saturated rings. The molecule has 0 spiro atoms. The number of nitrogens with two attached hydrogens (primary N) is 1. The van der Waals surface area contributed by atoms with Gasteiger partial charge in [-0.3, -0.25) is 9.36 Å². The van der Waals surface area contributed by atoms with Gasteiger partial charge >= 0.3 is 0 Å². The van der Waals surface area contributed by atoms with Crippen LogP contribution in [0.2, 0.25) is 0 Å². The summed E-state index contributed by atoms with van der Waals surface area (Å²) >= 11 is 0. The van der Waals surface area contributed by atoms with Crippen LogP contribution >= 0.6 is 0 Å². The molecule has 0 atom stereocenters. The van der Waals surface area contributed by atoms with E-state index in [4.69, 9.17) is 10.5 Å². The van der Waals surface area contributed by atoms with Crippen molar-refractivity contribution in [2.75, 3.05) is 12.8 Å². The number of methoxy groups -OCH3 is 1. The zero-order chi connectivity index (χ0) is 13.3. The molecule has 0 saturated heterocycles. The summed E-state index contributed by atoms with van der Waals surface area (Å²) in [5.74, 6) is 1.16. The highest BCUT2D eigenvalue weighted by molar-refractivity contribution is 5.72. The van der Waals surface area contributed by atoms with Gasteiger partial charge in [0.1, 0.15) is 11.6 Å². The number of nitrogen functional groups attached to an aromatic ring is 1. The summed E-state index contributed by atoms with van der Waals surface area (Å²) < 4.78 is 6.72. The molecular weight excluding hydrogens is 228 g/mol. The maximum absolute atomic E-state index is 11.8. The number of aromatic nitrogens is 1. The summed E-state index contributed by atoms with van der Waals surface area (Å²) in [6.07, 6.45) is 0. The van der Waals surface area contributed by atoms with Crippen molar-refractivity contribution in [2.45, 2.75) is 6.92 Å². The lowest BCUT2D eigenvalue weighted by Gasteiger charge is -2.11. The van der Waals surface area contributed by atoms with Crippen molar-refractivity contribution >= 4 is 5.82 Å². The number of ether oxygens (including phenoxy) is 1. The van der Waals surface area contributed by atoms with Crippen LogP contribution in [0.1, 0.15) is 5.56 Å². The van der Waals surface area contributed by atoms with E-state index in [2.05, 4.69) is 0 Å². The summed E-state index contributed by atoms with van der Waals surface area (Å²) in [5, 5.41) is 0. The van der Waals surface area contributed by atoms with Crippen LogP contribution in [0.25, 0.3) is 11.1 Å². The third kappa shape index (κ3) is 2.09. The van der Waals surface area contributed by atoms with Crippen LogP contribution in [-0.4, -0.2) is 11.7 Å². The largest absolute Gasteiger partial charge is 0.496 e. The summed E-state index contributed by atoms with van der Waals surface area (Å²) in [6, 6.07) is 9.17. The first kappa shape index (κ1) is 12.2. The van der Waals surface area contributed by atoms with E-state index in [1.54, 1.807) is 26.3 Å². The number of hydrogen-bond acceptors (Lipinski definition) is 3. The predicted molar refractivity (Wildman–Crippen MR) is 72.8 cm³/mol. The lowest BCUT2D eigenvalue weighted by molar-refractivity contribution is 0.416. The van der Waals surface area contributed by atoms with Gasteiger partial charge in [-0.2, -0.15) is 0 Å². The van der Waals surface area contributed by atoms with Gasteiger partial charge in [0.25, 0.3) is 5.56 Å². The van der Waals surface area contributed by atoms with Crippen molar-refractivity contribution in [1.29, 1.82) is 0 Å². The van der Waals surface area contributed by atoms with E-state index in [0.29, 0.717) is 5.82 Å². The Morgan fingerprint density at radius 3 is 2.56 bits per heavy atom. The Morgan fingerprint density at radius 1 is 1.22 bits per heavy atom. The minimum atomic E-state index is -0.131. The van der Waals surface area contributed by atoms with Gasteiger partial charge in [-0.25, -0.2) is 0 Å². The molecule has 0 aliphatic rings. The molecule has 0 unspecified atom stereocenters. The number of benzene rings is 1. The van der Waals surface area contributed by atoms with Crippen molar-refractivity contribution in [1.82, 2.24) is 4.57 Å². The second-order valence-electron chi connectivity index (χ2n) is 4.27. The van der Waals surface area contributed by atoms with Gasteiger partial charge in [0.15, 0.2) is 0 Å². The highest BCUT2D eigenvalue weighted by Crippen LogP contribution is 2.30. The molecule has 0 amide bonds. The molecule has 2 N–H and O–H groups in total. The fraction of sp³-hybridized carbons (Fsp3) is 0.214. The summed E-state index contributed by atoms with van der Waals surface area (Å²) in [7, 11) is 3.26. The number of aryl methyl sites for hydroxylation is 1. The monoisotopic (exact) mass is 244 g/mol. The minimum absolute atomic E-state index is 0.131. The SMILES string of the molecule is COc1ccc(C)cc1-c1cc(N)n(C)c(=O)c1. The normalized spacial score (nSPS) is 10.4. The molecule has 0 aliphatic heterocycles. The van der Waals surface area contributed by atoms with Crippen LogP contribution in [-0.2, 0) is 7.05 Å². The molecule has 2 aromatic rings. The molecule has 4 heteroatoms. The molecule has 0 aliphatic carbocycles. The first-order chi connectivity index (χ1) is 8.52. The highest BCUT2D eigenvalue weighted by atomic mass is 16.5. The third-order valence-corrected chi connectivity index (χ3v) is 2.97. The lowest BCUT2D eigenvalue weighted by atomic mass is 10.0. The van der Waals surface area contributed by atoms with E-state index in [-0.39, 0.29) is 5.56 Å².